The minimum Gasteiger partial charge on any atom is -0.489 e. The summed E-state index contributed by atoms with van der Waals surface area (Å²) in [5.41, 5.74) is 0. The van der Waals surface area contributed by atoms with Crippen LogP contribution in [0.3, 0.4) is 0 Å². The van der Waals surface area contributed by atoms with E-state index in [9.17, 15) is 13.6 Å². The zero-order chi connectivity index (χ0) is 14.5. The minimum absolute atomic E-state index is 0.0168. The van der Waals surface area contributed by atoms with E-state index in [2.05, 4.69) is 10.6 Å². The van der Waals surface area contributed by atoms with Gasteiger partial charge in [-0.05, 0) is 31.1 Å². The van der Waals surface area contributed by atoms with Crippen LogP contribution in [0.15, 0.2) is 18.2 Å². The van der Waals surface area contributed by atoms with E-state index < -0.39 is 11.6 Å². The molecule has 1 amide bonds. The first-order valence-electron chi connectivity index (χ1n) is 6.64. The Morgan fingerprint density at radius 3 is 2.85 bits per heavy atom. The number of hydrogen-bond acceptors (Lipinski definition) is 3. The number of benzene rings is 1. The van der Waals surface area contributed by atoms with Crippen molar-refractivity contribution in [2.24, 2.45) is 11.8 Å². The molecule has 1 aromatic carbocycles. The Hall–Kier alpha value is -1.69. The molecule has 1 atom stereocenters. The average molecular weight is 284 g/mol. The molecule has 0 aliphatic carbocycles. The second-order valence-corrected chi connectivity index (χ2v) is 4.92. The predicted octanol–water partition coefficient (Wildman–Crippen LogP) is 1.32. The van der Waals surface area contributed by atoms with Crippen LogP contribution in [0.1, 0.15) is 6.92 Å². The molecule has 1 saturated heterocycles. The number of ether oxygens (including phenoxy) is 1. The summed E-state index contributed by atoms with van der Waals surface area (Å²) in [4.78, 5) is 11.8. The zero-order valence-electron chi connectivity index (χ0n) is 11.3. The lowest BCUT2D eigenvalue weighted by Crippen LogP contribution is -2.49. The third kappa shape index (κ3) is 3.66. The van der Waals surface area contributed by atoms with Crippen LogP contribution in [-0.2, 0) is 4.79 Å². The van der Waals surface area contributed by atoms with E-state index in [0.717, 1.165) is 25.2 Å². The normalized spacial score (nSPS) is 16.4. The number of amides is 1. The van der Waals surface area contributed by atoms with Crippen LogP contribution in [0.4, 0.5) is 8.78 Å². The molecule has 6 heteroatoms. The van der Waals surface area contributed by atoms with Crippen LogP contribution in [0.5, 0.6) is 5.75 Å². The highest BCUT2D eigenvalue weighted by Crippen LogP contribution is 2.17. The summed E-state index contributed by atoms with van der Waals surface area (Å²) < 4.78 is 31.1. The van der Waals surface area contributed by atoms with Gasteiger partial charge in [0, 0.05) is 12.0 Å². The predicted molar refractivity (Wildman–Crippen MR) is 70.4 cm³/mol. The maximum atomic E-state index is 13.3. The van der Waals surface area contributed by atoms with Crippen molar-refractivity contribution in [2.75, 3.05) is 26.2 Å². The molecule has 0 aromatic heterocycles. The highest BCUT2D eigenvalue weighted by atomic mass is 19.1. The molecule has 0 bridgehead atoms. The van der Waals surface area contributed by atoms with Gasteiger partial charge in [-0.25, -0.2) is 8.78 Å². The summed E-state index contributed by atoms with van der Waals surface area (Å²) in [6.45, 7) is 4.06. The van der Waals surface area contributed by atoms with Gasteiger partial charge in [-0.2, -0.15) is 0 Å². The lowest BCUT2D eigenvalue weighted by Gasteiger charge is -2.31. The van der Waals surface area contributed by atoms with Gasteiger partial charge in [0.05, 0.1) is 6.54 Å². The van der Waals surface area contributed by atoms with Gasteiger partial charge in [0.25, 0.3) is 0 Å². The van der Waals surface area contributed by atoms with E-state index in [1.807, 2.05) is 6.92 Å². The van der Waals surface area contributed by atoms with E-state index in [1.54, 1.807) is 0 Å². The standard InChI is InChI=1S/C14H18F2N2O2/c1-9(10-7-17-8-10)14(19)18-4-5-20-13-3-2-11(15)6-12(13)16/h2-3,6,9-10,17H,4-5,7-8H2,1H3,(H,18,19). The van der Waals surface area contributed by atoms with E-state index >= 15 is 0 Å². The fourth-order valence-corrected chi connectivity index (χ4v) is 1.97. The van der Waals surface area contributed by atoms with Crippen molar-refractivity contribution < 1.29 is 18.3 Å². The Morgan fingerprint density at radius 2 is 2.25 bits per heavy atom. The maximum Gasteiger partial charge on any atom is 0.223 e. The summed E-state index contributed by atoms with van der Waals surface area (Å²) in [6, 6.07) is 3.12. The van der Waals surface area contributed by atoms with Crippen molar-refractivity contribution in [2.45, 2.75) is 6.92 Å². The highest BCUT2D eigenvalue weighted by molar-refractivity contribution is 5.78. The van der Waals surface area contributed by atoms with Gasteiger partial charge in [0.1, 0.15) is 12.4 Å². The van der Waals surface area contributed by atoms with Crippen molar-refractivity contribution in [3.63, 3.8) is 0 Å². The molecule has 110 valence electrons. The van der Waals surface area contributed by atoms with Crippen LogP contribution in [0.25, 0.3) is 0 Å². The second-order valence-electron chi connectivity index (χ2n) is 4.92. The van der Waals surface area contributed by atoms with Crippen LogP contribution in [0.2, 0.25) is 0 Å². The molecule has 1 aromatic rings. The van der Waals surface area contributed by atoms with Crippen LogP contribution in [-0.4, -0.2) is 32.1 Å². The first kappa shape index (κ1) is 14.7. The van der Waals surface area contributed by atoms with E-state index in [4.69, 9.17) is 4.74 Å². The lowest BCUT2D eigenvalue weighted by atomic mass is 9.88. The van der Waals surface area contributed by atoms with Gasteiger partial charge >= 0.3 is 0 Å². The van der Waals surface area contributed by atoms with Crippen molar-refractivity contribution in [3.8, 4) is 5.75 Å². The monoisotopic (exact) mass is 284 g/mol. The van der Waals surface area contributed by atoms with Crippen molar-refractivity contribution in [3.05, 3.63) is 29.8 Å². The molecule has 1 fully saturated rings. The SMILES string of the molecule is CC(C(=O)NCCOc1ccc(F)cc1F)C1CNC1. The molecule has 2 rings (SSSR count). The number of carbonyl (C=O) groups is 1. The number of rotatable bonds is 6. The second kappa shape index (κ2) is 6.65. The highest BCUT2D eigenvalue weighted by Gasteiger charge is 2.28. The molecule has 1 aliphatic rings. The Morgan fingerprint density at radius 1 is 1.50 bits per heavy atom. The summed E-state index contributed by atoms with van der Waals surface area (Å²) in [6.07, 6.45) is 0. The van der Waals surface area contributed by atoms with Crippen LogP contribution in [0, 0.1) is 23.5 Å². The Labute approximate surface area is 116 Å². The van der Waals surface area contributed by atoms with Gasteiger partial charge in [-0.3, -0.25) is 4.79 Å². The Balaban J connectivity index is 1.69. The van der Waals surface area contributed by atoms with Gasteiger partial charge < -0.3 is 15.4 Å². The number of hydrogen-bond donors (Lipinski definition) is 2. The quantitative estimate of drug-likeness (QED) is 0.775. The topological polar surface area (TPSA) is 50.4 Å². The number of carbonyl (C=O) groups excluding carboxylic acids is 1. The molecule has 0 saturated carbocycles. The first-order valence-corrected chi connectivity index (χ1v) is 6.64. The lowest BCUT2D eigenvalue weighted by molar-refractivity contribution is -0.126. The third-order valence-corrected chi connectivity index (χ3v) is 3.49. The van der Waals surface area contributed by atoms with E-state index in [-0.39, 0.29) is 24.2 Å². The fraction of sp³-hybridized carbons (Fsp3) is 0.500. The van der Waals surface area contributed by atoms with E-state index in [0.29, 0.717) is 12.5 Å². The summed E-state index contributed by atoms with van der Waals surface area (Å²) in [5.74, 6) is -1.10. The zero-order valence-corrected chi connectivity index (χ0v) is 11.3. The number of nitrogens with one attached hydrogen (secondary N) is 2. The minimum atomic E-state index is -0.745. The summed E-state index contributed by atoms with van der Waals surface area (Å²) in [7, 11) is 0. The van der Waals surface area contributed by atoms with Gasteiger partial charge in [-0.1, -0.05) is 6.92 Å². The molecular formula is C14H18F2N2O2. The Bertz CT molecular complexity index is 478. The number of halogens is 2. The molecule has 1 unspecified atom stereocenters. The third-order valence-electron chi connectivity index (χ3n) is 3.49. The van der Waals surface area contributed by atoms with Crippen molar-refractivity contribution in [1.29, 1.82) is 0 Å². The molecule has 0 radical (unpaired) electrons. The molecule has 2 N–H and O–H groups in total. The Kier molecular flexibility index (Phi) is 4.89. The fourth-order valence-electron chi connectivity index (χ4n) is 1.97. The summed E-state index contributed by atoms with van der Waals surface area (Å²) in [5, 5.41) is 5.86. The van der Waals surface area contributed by atoms with Crippen LogP contribution < -0.4 is 15.4 Å². The summed E-state index contributed by atoms with van der Waals surface area (Å²) >= 11 is 0. The van der Waals surface area contributed by atoms with Gasteiger partial charge in [0.15, 0.2) is 11.6 Å². The first-order chi connectivity index (χ1) is 9.58. The van der Waals surface area contributed by atoms with Crippen LogP contribution >= 0.6 is 0 Å². The smallest absolute Gasteiger partial charge is 0.223 e. The van der Waals surface area contributed by atoms with Crippen molar-refractivity contribution >= 4 is 5.91 Å². The van der Waals surface area contributed by atoms with Gasteiger partial charge in [-0.15, -0.1) is 0 Å². The van der Waals surface area contributed by atoms with Crippen molar-refractivity contribution in [1.82, 2.24) is 10.6 Å². The van der Waals surface area contributed by atoms with Gasteiger partial charge in [0.2, 0.25) is 5.91 Å². The molecule has 0 spiro atoms. The maximum absolute atomic E-state index is 13.3. The average Bonchev–Trinajstić information content (AvgIpc) is 2.34. The molecular weight excluding hydrogens is 266 g/mol. The molecule has 20 heavy (non-hydrogen) atoms. The van der Waals surface area contributed by atoms with E-state index in [1.165, 1.54) is 6.07 Å². The molecule has 4 nitrogen and oxygen atoms in total. The molecule has 1 heterocycles. The molecule has 1 aliphatic heterocycles. The largest absolute Gasteiger partial charge is 0.489 e.